The van der Waals surface area contributed by atoms with Crippen molar-refractivity contribution < 1.29 is 19.5 Å². The van der Waals surface area contributed by atoms with Gasteiger partial charge in [-0.25, -0.2) is 9.67 Å². The van der Waals surface area contributed by atoms with E-state index in [-0.39, 0.29) is 18.2 Å². The molecule has 1 unspecified atom stereocenters. The Bertz CT molecular complexity index is 1580. The zero-order valence-electron chi connectivity index (χ0n) is 23.0. The van der Waals surface area contributed by atoms with Gasteiger partial charge in [0.25, 0.3) is 5.91 Å². The largest absolute Gasteiger partial charge is 0.481 e. The van der Waals surface area contributed by atoms with Crippen LogP contribution in [0.4, 0.5) is 5.69 Å². The molecule has 3 N–H and O–H groups in total. The zero-order valence-corrected chi connectivity index (χ0v) is 23.0. The molecular formula is C30H34N6O4. The monoisotopic (exact) mass is 542 g/mol. The minimum atomic E-state index is -0.848. The minimum absolute atomic E-state index is 0.0523. The van der Waals surface area contributed by atoms with E-state index in [1.165, 1.54) is 0 Å². The van der Waals surface area contributed by atoms with Crippen molar-refractivity contribution in [2.24, 2.45) is 0 Å². The molecule has 208 valence electrons. The van der Waals surface area contributed by atoms with E-state index in [9.17, 15) is 14.4 Å². The number of fused-ring (bicyclic) bond motifs is 1. The van der Waals surface area contributed by atoms with Crippen LogP contribution in [0.1, 0.15) is 77.4 Å². The fourth-order valence-electron chi connectivity index (χ4n) is 4.98. The van der Waals surface area contributed by atoms with Crippen molar-refractivity contribution in [3.05, 3.63) is 77.0 Å². The van der Waals surface area contributed by atoms with Crippen molar-refractivity contribution in [3.8, 4) is 0 Å². The fourth-order valence-corrected chi connectivity index (χ4v) is 4.98. The first kappa shape index (κ1) is 27.1. The Morgan fingerprint density at radius 3 is 2.67 bits per heavy atom. The fraction of sp³-hybridized carbons (Fsp3) is 0.367. The first-order valence-corrected chi connectivity index (χ1v) is 13.6. The first-order valence-electron chi connectivity index (χ1n) is 13.6. The average Bonchev–Trinajstić information content (AvgIpc) is 3.60. The highest BCUT2D eigenvalue weighted by molar-refractivity contribution is 6.00. The van der Waals surface area contributed by atoms with Crippen LogP contribution in [0.15, 0.2) is 48.9 Å². The number of carbonyl (C=O) groups excluding carboxylic acids is 2. The Balaban J connectivity index is 1.40. The first-order chi connectivity index (χ1) is 19.2. The van der Waals surface area contributed by atoms with Gasteiger partial charge in [-0.1, -0.05) is 18.2 Å². The molecule has 0 spiro atoms. The number of nitrogens with one attached hydrogen (secondary N) is 2. The Morgan fingerprint density at radius 1 is 1.15 bits per heavy atom. The molecule has 0 radical (unpaired) electrons. The highest BCUT2D eigenvalue weighted by Gasteiger charge is 2.27. The molecule has 0 bridgehead atoms. The van der Waals surface area contributed by atoms with Crippen LogP contribution < -0.4 is 10.6 Å². The van der Waals surface area contributed by atoms with Crippen LogP contribution in [-0.4, -0.2) is 49.3 Å². The molecule has 1 fully saturated rings. The molecule has 1 aliphatic carbocycles. The van der Waals surface area contributed by atoms with Crippen LogP contribution in [0.5, 0.6) is 0 Å². The van der Waals surface area contributed by atoms with E-state index in [2.05, 4.69) is 20.7 Å². The number of rotatable bonds is 11. The molecule has 2 amide bonds. The molecule has 0 saturated heterocycles. The summed E-state index contributed by atoms with van der Waals surface area (Å²) in [4.78, 5) is 41.4. The van der Waals surface area contributed by atoms with Crippen LogP contribution in [-0.2, 0) is 22.6 Å². The summed E-state index contributed by atoms with van der Waals surface area (Å²) in [7, 11) is 1.59. The molecule has 2 heterocycles. The van der Waals surface area contributed by atoms with Gasteiger partial charge in [-0.2, -0.15) is 5.10 Å². The SMILES string of the molecule is CNC(=O)c1ccc2c(C)cn(C(C)C(=O)Nc3cc(Cn4cnc(C5CC5)n4)ccc3CCCC(=O)O)c2c1. The number of carbonyl (C=O) groups is 3. The van der Waals surface area contributed by atoms with Gasteiger partial charge in [-0.3, -0.25) is 14.4 Å². The molecule has 10 heteroatoms. The van der Waals surface area contributed by atoms with Crippen molar-refractivity contribution in [1.82, 2.24) is 24.6 Å². The predicted molar refractivity (Wildman–Crippen MR) is 152 cm³/mol. The second-order valence-corrected chi connectivity index (χ2v) is 10.5. The summed E-state index contributed by atoms with van der Waals surface area (Å²) in [5.41, 5.74) is 4.81. The second kappa shape index (κ2) is 11.3. The van der Waals surface area contributed by atoms with Gasteiger partial charge in [0.05, 0.1) is 6.54 Å². The number of aryl methyl sites for hydroxylation is 2. The van der Waals surface area contributed by atoms with Gasteiger partial charge in [0.15, 0.2) is 5.82 Å². The quantitative estimate of drug-likeness (QED) is 0.257. The number of carboxylic acids is 1. The molecule has 10 nitrogen and oxygen atoms in total. The molecule has 2 aromatic heterocycles. The van der Waals surface area contributed by atoms with Gasteiger partial charge in [0.2, 0.25) is 5.91 Å². The maximum Gasteiger partial charge on any atom is 0.303 e. The maximum atomic E-state index is 13.6. The maximum absolute atomic E-state index is 13.6. The lowest BCUT2D eigenvalue weighted by Crippen LogP contribution is -2.24. The van der Waals surface area contributed by atoms with Gasteiger partial charge in [0.1, 0.15) is 12.4 Å². The number of aromatic nitrogens is 4. The number of amides is 2. The zero-order chi connectivity index (χ0) is 28.4. The third-order valence-electron chi connectivity index (χ3n) is 7.43. The number of nitrogens with zero attached hydrogens (tertiary/aromatic N) is 4. The van der Waals surface area contributed by atoms with Crippen LogP contribution >= 0.6 is 0 Å². The van der Waals surface area contributed by atoms with Gasteiger partial charge < -0.3 is 20.3 Å². The minimum Gasteiger partial charge on any atom is -0.481 e. The molecule has 4 aromatic rings. The third-order valence-corrected chi connectivity index (χ3v) is 7.43. The number of hydrogen-bond donors (Lipinski definition) is 3. The van der Waals surface area contributed by atoms with E-state index in [1.807, 2.05) is 48.9 Å². The lowest BCUT2D eigenvalue weighted by molar-refractivity contribution is -0.137. The standard InChI is InChI=1S/C30H34N6O4/c1-18-15-36(26-14-23(30(40)31-3)11-12-24(18)26)19(2)29(39)33-25-13-20(7-8-21(25)5-4-6-27(37)38)16-35-17-32-28(34-35)22-9-10-22/h7-8,11-15,17,19,22H,4-6,9-10,16H2,1-3H3,(H,31,40)(H,33,39)(H,37,38). The summed E-state index contributed by atoms with van der Waals surface area (Å²) in [5, 5.41) is 20.4. The molecule has 5 rings (SSSR count). The second-order valence-electron chi connectivity index (χ2n) is 10.5. The van der Waals surface area contributed by atoms with Gasteiger partial charge in [-0.15, -0.1) is 0 Å². The summed E-state index contributed by atoms with van der Waals surface area (Å²) < 4.78 is 3.69. The predicted octanol–water partition coefficient (Wildman–Crippen LogP) is 4.43. The summed E-state index contributed by atoms with van der Waals surface area (Å²) in [6.07, 6.45) is 6.96. The lowest BCUT2D eigenvalue weighted by atomic mass is 10.0. The van der Waals surface area contributed by atoms with Crippen molar-refractivity contribution in [2.45, 2.75) is 64.5 Å². The number of benzene rings is 2. The van der Waals surface area contributed by atoms with Crippen molar-refractivity contribution >= 4 is 34.4 Å². The smallest absolute Gasteiger partial charge is 0.303 e. The molecule has 2 aromatic carbocycles. The Morgan fingerprint density at radius 2 is 1.95 bits per heavy atom. The van der Waals surface area contributed by atoms with Crippen molar-refractivity contribution in [2.75, 3.05) is 12.4 Å². The lowest BCUT2D eigenvalue weighted by Gasteiger charge is -2.18. The van der Waals surface area contributed by atoms with Gasteiger partial charge >= 0.3 is 5.97 Å². The highest BCUT2D eigenvalue weighted by atomic mass is 16.4. The molecule has 1 aliphatic rings. The van der Waals surface area contributed by atoms with E-state index in [0.29, 0.717) is 36.6 Å². The number of carboxylic acid groups (broad SMARTS) is 1. The van der Waals surface area contributed by atoms with Crippen LogP contribution in [0.2, 0.25) is 0 Å². The molecule has 1 saturated carbocycles. The van der Waals surface area contributed by atoms with E-state index >= 15 is 0 Å². The highest BCUT2D eigenvalue weighted by Crippen LogP contribution is 2.37. The molecule has 0 aliphatic heterocycles. The van der Waals surface area contributed by atoms with Gasteiger partial charge in [-0.05, 0) is 74.4 Å². The third kappa shape index (κ3) is 5.90. The molecule has 1 atom stereocenters. The van der Waals surface area contributed by atoms with Crippen molar-refractivity contribution in [3.63, 3.8) is 0 Å². The van der Waals surface area contributed by atoms with Crippen LogP contribution in [0.25, 0.3) is 10.9 Å². The summed E-state index contributed by atoms with van der Waals surface area (Å²) in [5.74, 6) is 0.0930. The van der Waals surface area contributed by atoms with E-state index in [4.69, 9.17) is 5.11 Å². The van der Waals surface area contributed by atoms with Crippen LogP contribution in [0, 0.1) is 6.92 Å². The number of hydrogen-bond acceptors (Lipinski definition) is 5. The van der Waals surface area contributed by atoms with Gasteiger partial charge in [0, 0.05) is 47.7 Å². The van der Waals surface area contributed by atoms with E-state index in [0.717, 1.165) is 46.3 Å². The summed E-state index contributed by atoms with van der Waals surface area (Å²) in [6.45, 7) is 4.31. The van der Waals surface area contributed by atoms with E-state index in [1.54, 1.807) is 30.2 Å². The molecular weight excluding hydrogens is 508 g/mol. The Hall–Kier alpha value is -4.47. The van der Waals surface area contributed by atoms with Crippen molar-refractivity contribution in [1.29, 1.82) is 0 Å². The number of anilines is 1. The summed E-state index contributed by atoms with van der Waals surface area (Å²) in [6, 6.07) is 10.8. The number of aliphatic carboxylic acids is 1. The average molecular weight is 543 g/mol. The Labute approximate surface area is 232 Å². The Kier molecular flexibility index (Phi) is 7.68. The summed E-state index contributed by atoms with van der Waals surface area (Å²) >= 11 is 0. The normalized spacial score (nSPS) is 13.8. The van der Waals surface area contributed by atoms with Crippen LogP contribution in [0.3, 0.4) is 0 Å². The van der Waals surface area contributed by atoms with E-state index < -0.39 is 12.0 Å². The topological polar surface area (TPSA) is 131 Å². The molecule has 40 heavy (non-hydrogen) atoms.